The highest BCUT2D eigenvalue weighted by Crippen LogP contribution is 2.34. The number of benzene rings is 1. The summed E-state index contributed by atoms with van der Waals surface area (Å²) in [5, 5.41) is 2.74. The van der Waals surface area contributed by atoms with Crippen LogP contribution < -0.4 is 5.32 Å². The van der Waals surface area contributed by atoms with Crippen molar-refractivity contribution in [3.8, 4) is 0 Å². The van der Waals surface area contributed by atoms with Gasteiger partial charge in [0.15, 0.2) is 0 Å². The minimum Gasteiger partial charge on any atom is -0.441 e. The van der Waals surface area contributed by atoms with Gasteiger partial charge in [-0.15, -0.1) is 0 Å². The van der Waals surface area contributed by atoms with E-state index in [2.05, 4.69) is 25.2 Å². The predicted molar refractivity (Wildman–Crippen MR) is 77.1 cm³/mol. The zero-order valence-corrected chi connectivity index (χ0v) is 11.8. The zero-order chi connectivity index (χ0) is 13.9. The summed E-state index contributed by atoms with van der Waals surface area (Å²) in [5.41, 5.74) is 2.10. The fourth-order valence-electron chi connectivity index (χ4n) is 2.46. The van der Waals surface area contributed by atoms with Gasteiger partial charge in [0.25, 0.3) is 0 Å². The van der Waals surface area contributed by atoms with Gasteiger partial charge in [-0.25, -0.2) is 4.79 Å². The van der Waals surface area contributed by atoms with E-state index in [0.29, 0.717) is 0 Å². The molecule has 0 spiro atoms. The Balaban J connectivity index is 1.93. The van der Waals surface area contributed by atoms with E-state index in [4.69, 9.17) is 4.74 Å². The molecule has 0 aromatic heterocycles. The summed E-state index contributed by atoms with van der Waals surface area (Å²) in [6.45, 7) is 6.44. The van der Waals surface area contributed by atoms with Crippen molar-refractivity contribution in [2.75, 3.05) is 5.32 Å². The zero-order valence-electron chi connectivity index (χ0n) is 11.8. The smallest absolute Gasteiger partial charge is 0.412 e. The van der Waals surface area contributed by atoms with E-state index in [0.717, 1.165) is 24.1 Å². The molecular formula is C16H21NO2. The molecule has 0 unspecified atom stereocenters. The molecule has 0 bridgehead atoms. The maximum atomic E-state index is 11.8. The van der Waals surface area contributed by atoms with Crippen molar-refractivity contribution in [3.05, 3.63) is 42.0 Å². The Bertz CT molecular complexity index is 477. The van der Waals surface area contributed by atoms with Crippen LogP contribution in [0, 0.1) is 5.41 Å². The van der Waals surface area contributed by atoms with Crippen LogP contribution >= 0.6 is 0 Å². The molecule has 1 aliphatic carbocycles. The molecule has 1 aromatic carbocycles. The summed E-state index contributed by atoms with van der Waals surface area (Å²) in [7, 11) is 0. The van der Waals surface area contributed by atoms with Crippen LogP contribution in [0.3, 0.4) is 0 Å². The van der Waals surface area contributed by atoms with E-state index in [1.807, 2.05) is 37.3 Å². The summed E-state index contributed by atoms with van der Waals surface area (Å²) >= 11 is 0. The standard InChI is InChI=1S/C16H21NO2/c1-12-11-16(2,3)10-9-14(12)19-15(18)17-13-7-5-4-6-8-13/h4-8,11,14H,9-10H2,1-3H3,(H,17,18)/t14-/m1/s1. The Morgan fingerprint density at radius 2 is 2.00 bits per heavy atom. The Labute approximate surface area is 114 Å². The van der Waals surface area contributed by atoms with Crippen LogP contribution in [0.15, 0.2) is 42.0 Å². The van der Waals surface area contributed by atoms with Crippen LogP contribution in [0.25, 0.3) is 0 Å². The number of rotatable bonds is 2. The summed E-state index contributed by atoms with van der Waals surface area (Å²) in [5.74, 6) is 0. The Morgan fingerprint density at radius 3 is 2.63 bits per heavy atom. The number of carbonyl (C=O) groups excluding carboxylic acids is 1. The van der Waals surface area contributed by atoms with Gasteiger partial charge in [0.1, 0.15) is 6.10 Å². The molecule has 0 heterocycles. The summed E-state index contributed by atoms with van der Waals surface area (Å²) in [6, 6.07) is 9.35. The third-order valence-corrected chi connectivity index (χ3v) is 3.45. The summed E-state index contributed by atoms with van der Waals surface area (Å²) in [6.07, 6.45) is 3.64. The summed E-state index contributed by atoms with van der Waals surface area (Å²) in [4.78, 5) is 11.8. The van der Waals surface area contributed by atoms with Gasteiger partial charge < -0.3 is 4.74 Å². The molecule has 0 saturated carbocycles. The van der Waals surface area contributed by atoms with Gasteiger partial charge in [-0.05, 0) is 42.9 Å². The molecule has 1 N–H and O–H groups in total. The van der Waals surface area contributed by atoms with Gasteiger partial charge in [-0.1, -0.05) is 38.1 Å². The normalized spacial score (nSPS) is 21.4. The molecule has 19 heavy (non-hydrogen) atoms. The Hall–Kier alpha value is -1.77. The number of ether oxygens (including phenoxy) is 1. The van der Waals surface area contributed by atoms with Crippen LogP contribution in [-0.4, -0.2) is 12.2 Å². The van der Waals surface area contributed by atoms with Gasteiger partial charge in [0.05, 0.1) is 0 Å². The second-order valence-corrected chi connectivity index (χ2v) is 5.80. The molecular weight excluding hydrogens is 238 g/mol. The van der Waals surface area contributed by atoms with Crippen LogP contribution in [0.2, 0.25) is 0 Å². The number of carbonyl (C=O) groups is 1. The van der Waals surface area contributed by atoms with Crippen LogP contribution in [0.4, 0.5) is 10.5 Å². The van der Waals surface area contributed by atoms with Crippen molar-refractivity contribution < 1.29 is 9.53 Å². The maximum absolute atomic E-state index is 11.8. The molecule has 2 rings (SSSR count). The second-order valence-electron chi connectivity index (χ2n) is 5.80. The minimum absolute atomic E-state index is 0.100. The number of nitrogens with one attached hydrogen (secondary N) is 1. The fraction of sp³-hybridized carbons (Fsp3) is 0.438. The van der Waals surface area contributed by atoms with E-state index < -0.39 is 0 Å². The first kappa shape index (κ1) is 13.7. The largest absolute Gasteiger partial charge is 0.441 e. The van der Waals surface area contributed by atoms with Crippen LogP contribution in [0.1, 0.15) is 33.6 Å². The fourth-order valence-corrected chi connectivity index (χ4v) is 2.46. The van der Waals surface area contributed by atoms with Gasteiger partial charge in [-0.2, -0.15) is 0 Å². The van der Waals surface area contributed by atoms with Crippen molar-refractivity contribution >= 4 is 11.8 Å². The first-order valence-electron chi connectivity index (χ1n) is 6.68. The number of anilines is 1. The number of amides is 1. The third-order valence-electron chi connectivity index (χ3n) is 3.45. The lowest BCUT2D eigenvalue weighted by atomic mass is 9.79. The number of hydrogen-bond donors (Lipinski definition) is 1. The Kier molecular flexibility index (Phi) is 3.93. The lowest BCUT2D eigenvalue weighted by molar-refractivity contribution is 0.110. The van der Waals surface area contributed by atoms with E-state index in [9.17, 15) is 4.79 Å². The van der Waals surface area contributed by atoms with Crippen molar-refractivity contribution in [2.45, 2.75) is 39.7 Å². The monoisotopic (exact) mass is 259 g/mol. The second kappa shape index (κ2) is 5.47. The number of hydrogen-bond acceptors (Lipinski definition) is 2. The first-order chi connectivity index (χ1) is 8.96. The molecule has 1 amide bonds. The van der Waals surface area contributed by atoms with Crippen molar-refractivity contribution in [2.24, 2.45) is 5.41 Å². The van der Waals surface area contributed by atoms with Gasteiger partial charge in [-0.3, -0.25) is 5.32 Å². The topological polar surface area (TPSA) is 38.3 Å². The van der Waals surface area contributed by atoms with E-state index >= 15 is 0 Å². The molecule has 3 heteroatoms. The molecule has 1 aromatic rings. The molecule has 1 aliphatic rings. The van der Waals surface area contributed by atoms with Gasteiger partial charge in [0, 0.05) is 5.69 Å². The number of allylic oxidation sites excluding steroid dienone is 1. The van der Waals surface area contributed by atoms with Crippen molar-refractivity contribution in [1.29, 1.82) is 0 Å². The van der Waals surface area contributed by atoms with E-state index in [1.54, 1.807) is 0 Å². The van der Waals surface area contributed by atoms with Gasteiger partial charge >= 0.3 is 6.09 Å². The molecule has 102 valence electrons. The maximum Gasteiger partial charge on any atom is 0.412 e. The SMILES string of the molecule is CC1=CC(C)(C)CC[C@H]1OC(=O)Nc1ccccc1. The summed E-state index contributed by atoms with van der Waals surface area (Å²) < 4.78 is 5.48. The van der Waals surface area contributed by atoms with E-state index in [-0.39, 0.29) is 17.6 Å². The van der Waals surface area contributed by atoms with Crippen LogP contribution in [-0.2, 0) is 4.74 Å². The molecule has 1 atom stereocenters. The van der Waals surface area contributed by atoms with E-state index in [1.165, 1.54) is 0 Å². The third kappa shape index (κ3) is 3.85. The van der Waals surface area contributed by atoms with Crippen molar-refractivity contribution in [3.63, 3.8) is 0 Å². The quantitative estimate of drug-likeness (QED) is 0.801. The predicted octanol–water partition coefficient (Wildman–Crippen LogP) is 4.37. The lowest BCUT2D eigenvalue weighted by Crippen LogP contribution is -2.29. The first-order valence-corrected chi connectivity index (χ1v) is 6.68. The average molecular weight is 259 g/mol. The highest BCUT2D eigenvalue weighted by molar-refractivity contribution is 5.84. The average Bonchev–Trinajstić information content (AvgIpc) is 2.33. The molecule has 0 saturated heterocycles. The Morgan fingerprint density at radius 1 is 1.32 bits per heavy atom. The minimum atomic E-state index is -0.386. The van der Waals surface area contributed by atoms with Crippen LogP contribution in [0.5, 0.6) is 0 Å². The number of para-hydroxylation sites is 1. The molecule has 3 nitrogen and oxygen atoms in total. The molecule has 0 fully saturated rings. The highest BCUT2D eigenvalue weighted by Gasteiger charge is 2.27. The highest BCUT2D eigenvalue weighted by atomic mass is 16.6. The molecule has 0 radical (unpaired) electrons. The van der Waals surface area contributed by atoms with Gasteiger partial charge in [0.2, 0.25) is 0 Å². The van der Waals surface area contributed by atoms with Crippen molar-refractivity contribution in [1.82, 2.24) is 0 Å². The lowest BCUT2D eigenvalue weighted by Gasteiger charge is -2.31. The molecule has 0 aliphatic heterocycles.